The number of hydrogen-bond acceptors (Lipinski definition) is 3. The van der Waals surface area contributed by atoms with Crippen molar-refractivity contribution in [2.45, 2.75) is 6.42 Å². The maximum Gasteiger partial charge on any atom is 0.336 e. The summed E-state index contributed by atoms with van der Waals surface area (Å²) in [5.41, 5.74) is 0.208. The average molecular weight is 239 g/mol. The number of benzene rings is 1. The van der Waals surface area contributed by atoms with Gasteiger partial charge in [0, 0.05) is 6.54 Å². The molecule has 16 heavy (non-hydrogen) atoms. The molecule has 5 heteroatoms. The van der Waals surface area contributed by atoms with Crippen molar-refractivity contribution in [2.24, 2.45) is 0 Å². The van der Waals surface area contributed by atoms with Gasteiger partial charge in [0.2, 0.25) is 0 Å². The van der Waals surface area contributed by atoms with Crippen LogP contribution in [0.25, 0.3) is 0 Å². The van der Waals surface area contributed by atoms with E-state index in [4.69, 9.17) is 5.11 Å². The SMILES string of the molecule is O=C(O)c1ccccc1C(=O)NCCCS. The Kier molecular flexibility index (Phi) is 4.85. The van der Waals surface area contributed by atoms with Crippen molar-refractivity contribution in [3.8, 4) is 0 Å². The standard InChI is InChI=1S/C11H13NO3S/c13-10(12-6-3-7-16)8-4-1-2-5-9(8)11(14)15/h1-2,4-5,16H,3,6-7H2,(H,12,13)(H,14,15). The molecule has 0 saturated heterocycles. The molecule has 0 unspecified atom stereocenters. The minimum absolute atomic E-state index is 0.0193. The molecular formula is C11H13NO3S. The molecule has 0 aliphatic rings. The van der Waals surface area contributed by atoms with Gasteiger partial charge >= 0.3 is 5.97 Å². The van der Waals surface area contributed by atoms with Gasteiger partial charge in [0.05, 0.1) is 11.1 Å². The van der Waals surface area contributed by atoms with E-state index in [1.54, 1.807) is 12.1 Å². The van der Waals surface area contributed by atoms with E-state index in [2.05, 4.69) is 17.9 Å². The van der Waals surface area contributed by atoms with Gasteiger partial charge < -0.3 is 10.4 Å². The van der Waals surface area contributed by atoms with E-state index in [-0.39, 0.29) is 17.0 Å². The quantitative estimate of drug-likeness (QED) is 0.538. The molecule has 86 valence electrons. The number of aromatic carboxylic acids is 1. The van der Waals surface area contributed by atoms with Crippen LogP contribution in [0.1, 0.15) is 27.1 Å². The van der Waals surface area contributed by atoms with Crippen LogP contribution in [0.3, 0.4) is 0 Å². The molecule has 0 bridgehead atoms. The number of rotatable bonds is 5. The molecule has 0 radical (unpaired) electrons. The van der Waals surface area contributed by atoms with Crippen LogP contribution in [-0.4, -0.2) is 29.3 Å². The Bertz CT molecular complexity index is 393. The summed E-state index contributed by atoms with van der Waals surface area (Å²) in [5.74, 6) is -0.777. The van der Waals surface area contributed by atoms with Gasteiger partial charge in [0.1, 0.15) is 0 Å². The van der Waals surface area contributed by atoms with Gasteiger partial charge in [0.25, 0.3) is 5.91 Å². The van der Waals surface area contributed by atoms with Gasteiger partial charge in [0.15, 0.2) is 0 Å². The van der Waals surface area contributed by atoms with Gasteiger partial charge in [-0.1, -0.05) is 12.1 Å². The number of nitrogens with one attached hydrogen (secondary N) is 1. The molecule has 2 N–H and O–H groups in total. The number of hydrogen-bond donors (Lipinski definition) is 3. The molecular weight excluding hydrogens is 226 g/mol. The van der Waals surface area contributed by atoms with E-state index in [1.165, 1.54) is 12.1 Å². The molecule has 4 nitrogen and oxygen atoms in total. The lowest BCUT2D eigenvalue weighted by Crippen LogP contribution is -2.26. The molecule has 0 saturated carbocycles. The van der Waals surface area contributed by atoms with Crippen LogP contribution in [-0.2, 0) is 0 Å². The second-order valence-corrected chi connectivity index (χ2v) is 3.63. The Labute approximate surface area is 99.1 Å². The van der Waals surface area contributed by atoms with E-state index in [0.717, 1.165) is 6.42 Å². The number of carbonyl (C=O) groups is 2. The Morgan fingerprint density at radius 1 is 1.25 bits per heavy atom. The van der Waals surface area contributed by atoms with Gasteiger partial charge in [-0.05, 0) is 24.3 Å². The zero-order valence-corrected chi connectivity index (χ0v) is 9.54. The van der Waals surface area contributed by atoms with E-state index < -0.39 is 5.97 Å². The van der Waals surface area contributed by atoms with Crippen LogP contribution in [0.2, 0.25) is 0 Å². The zero-order chi connectivity index (χ0) is 12.0. The molecule has 0 aliphatic heterocycles. The van der Waals surface area contributed by atoms with E-state index >= 15 is 0 Å². The molecule has 1 rings (SSSR count). The normalized spacial score (nSPS) is 9.81. The second-order valence-electron chi connectivity index (χ2n) is 3.18. The first-order valence-corrected chi connectivity index (χ1v) is 5.51. The number of carbonyl (C=O) groups excluding carboxylic acids is 1. The summed E-state index contributed by atoms with van der Waals surface area (Å²) in [5, 5.41) is 11.5. The van der Waals surface area contributed by atoms with Gasteiger partial charge in [-0.2, -0.15) is 12.6 Å². The molecule has 0 aliphatic carbocycles. The topological polar surface area (TPSA) is 66.4 Å². The maximum absolute atomic E-state index is 11.6. The highest BCUT2D eigenvalue weighted by atomic mass is 32.1. The Morgan fingerprint density at radius 2 is 1.88 bits per heavy atom. The van der Waals surface area contributed by atoms with Crippen molar-refractivity contribution >= 4 is 24.5 Å². The van der Waals surface area contributed by atoms with Crippen LogP contribution in [0.15, 0.2) is 24.3 Å². The minimum Gasteiger partial charge on any atom is -0.478 e. The first-order chi connectivity index (χ1) is 7.66. The second kappa shape index (κ2) is 6.17. The van der Waals surface area contributed by atoms with Crippen LogP contribution >= 0.6 is 12.6 Å². The van der Waals surface area contributed by atoms with Crippen molar-refractivity contribution in [3.05, 3.63) is 35.4 Å². The fraction of sp³-hybridized carbons (Fsp3) is 0.273. The Balaban J connectivity index is 2.78. The lowest BCUT2D eigenvalue weighted by molar-refractivity contribution is 0.0691. The molecule has 0 spiro atoms. The first kappa shape index (κ1) is 12.6. The highest BCUT2D eigenvalue weighted by Gasteiger charge is 2.14. The molecule has 0 heterocycles. The summed E-state index contributed by atoms with van der Waals surface area (Å²) in [4.78, 5) is 22.5. The smallest absolute Gasteiger partial charge is 0.336 e. The monoisotopic (exact) mass is 239 g/mol. The molecule has 0 aromatic heterocycles. The van der Waals surface area contributed by atoms with E-state index in [0.29, 0.717) is 12.3 Å². The lowest BCUT2D eigenvalue weighted by atomic mass is 10.1. The third-order valence-corrected chi connectivity index (χ3v) is 2.34. The highest BCUT2D eigenvalue weighted by Crippen LogP contribution is 2.08. The zero-order valence-electron chi connectivity index (χ0n) is 8.64. The summed E-state index contributed by atoms with van der Waals surface area (Å²) in [6, 6.07) is 6.14. The third kappa shape index (κ3) is 3.27. The van der Waals surface area contributed by atoms with Crippen molar-refractivity contribution in [3.63, 3.8) is 0 Å². The molecule has 1 aromatic carbocycles. The summed E-state index contributed by atoms with van der Waals surface area (Å²) in [6.07, 6.45) is 0.754. The van der Waals surface area contributed by atoms with E-state index in [9.17, 15) is 9.59 Å². The maximum atomic E-state index is 11.6. The molecule has 0 atom stereocenters. The van der Waals surface area contributed by atoms with Crippen LogP contribution < -0.4 is 5.32 Å². The summed E-state index contributed by atoms with van der Waals surface area (Å²) in [6.45, 7) is 0.496. The lowest BCUT2D eigenvalue weighted by Gasteiger charge is -2.06. The Hall–Kier alpha value is -1.49. The summed E-state index contributed by atoms with van der Waals surface area (Å²) in [7, 11) is 0. The van der Waals surface area contributed by atoms with Crippen molar-refractivity contribution < 1.29 is 14.7 Å². The highest BCUT2D eigenvalue weighted by molar-refractivity contribution is 7.80. The first-order valence-electron chi connectivity index (χ1n) is 4.88. The van der Waals surface area contributed by atoms with E-state index in [1.807, 2.05) is 0 Å². The van der Waals surface area contributed by atoms with Gasteiger partial charge in [-0.25, -0.2) is 4.79 Å². The van der Waals surface area contributed by atoms with Crippen molar-refractivity contribution in [1.82, 2.24) is 5.32 Å². The largest absolute Gasteiger partial charge is 0.478 e. The predicted molar refractivity (Wildman–Crippen MR) is 64.2 cm³/mol. The number of amides is 1. The fourth-order valence-corrected chi connectivity index (χ4v) is 1.40. The van der Waals surface area contributed by atoms with Crippen molar-refractivity contribution in [1.29, 1.82) is 0 Å². The third-order valence-electron chi connectivity index (χ3n) is 2.02. The molecule has 0 fully saturated rings. The summed E-state index contributed by atoms with van der Waals surface area (Å²) >= 11 is 4.02. The van der Waals surface area contributed by atoms with Crippen LogP contribution in [0, 0.1) is 0 Å². The molecule has 1 amide bonds. The fourth-order valence-electron chi connectivity index (χ4n) is 1.24. The van der Waals surface area contributed by atoms with Crippen molar-refractivity contribution in [2.75, 3.05) is 12.3 Å². The average Bonchev–Trinajstić information content (AvgIpc) is 2.29. The van der Waals surface area contributed by atoms with Crippen LogP contribution in [0.5, 0.6) is 0 Å². The number of thiol groups is 1. The Morgan fingerprint density at radius 3 is 2.44 bits per heavy atom. The molecule has 1 aromatic rings. The van der Waals surface area contributed by atoms with Gasteiger partial charge in [-0.15, -0.1) is 0 Å². The summed E-state index contributed by atoms with van der Waals surface area (Å²) < 4.78 is 0. The number of carboxylic acids is 1. The number of carboxylic acid groups (broad SMARTS) is 1. The minimum atomic E-state index is -1.10. The predicted octanol–water partition coefficient (Wildman–Crippen LogP) is 1.43. The van der Waals surface area contributed by atoms with Crippen LogP contribution in [0.4, 0.5) is 0 Å². The van der Waals surface area contributed by atoms with Gasteiger partial charge in [-0.3, -0.25) is 4.79 Å².